The van der Waals surface area contributed by atoms with Gasteiger partial charge in [-0.15, -0.1) is 0 Å². The van der Waals surface area contributed by atoms with Gasteiger partial charge in [-0.25, -0.2) is 4.79 Å². The van der Waals surface area contributed by atoms with Crippen molar-refractivity contribution < 1.29 is 19.4 Å². The number of nitrogens with two attached hydrogens (primary N) is 2. The smallest absolute Gasteiger partial charge is 0.351 e. The van der Waals surface area contributed by atoms with Gasteiger partial charge in [0.2, 0.25) is 0 Å². The second-order valence-corrected chi connectivity index (χ2v) is 5.83. The Morgan fingerprint density at radius 1 is 1.61 bits per heavy atom. The van der Waals surface area contributed by atoms with Gasteiger partial charge in [-0.2, -0.15) is 4.98 Å². The molecule has 1 aromatic heterocycles. The number of aliphatic hydroxyl groups is 1. The molecule has 128 valence electrons. The minimum atomic E-state index is -0.755. The quantitative estimate of drug-likeness (QED) is 0.585. The SMILES string of the molecule is CC(C)C(N)C(=O)O[C@@H]1C[C@@H](n2ccc(N)nc2=O)O[C@H]1CO. The highest BCUT2D eigenvalue weighted by Gasteiger charge is 2.39. The first-order chi connectivity index (χ1) is 10.8. The van der Waals surface area contributed by atoms with Gasteiger partial charge in [-0.05, 0) is 12.0 Å². The summed E-state index contributed by atoms with van der Waals surface area (Å²) >= 11 is 0. The lowest BCUT2D eigenvalue weighted by molar-refractivity contribution is -0.155. The first-order valence-electron chi connectivity index (χ1n) is 7.40. The number of hydrogen-bond donors (Lipinski definition) is 3. The summed E-state index contributed by atoms with van der Waals surface area (Å²) in [5.74, 6) is -0.526. The van der Waals surface area contributed by atoms with Crippen LogP contribution in [0.15, 0.2) is 17.1 Å². The number of anilines is 1. The number of esters is 1. The maximum absolute atomic E-state index is 12.0. The fourth-order valence-corrected chi connectivity index (χ4v) is 2.30. The fraction of sp³-hybridized carbons (Fsp3) is 0.643. The molecule has 1 aliphatic heterocycles. The molecule has 0 spiro atoms. The molecule has 0 aromatic carbocycles. The molecule has 23 heavy (non-hydrogen) atoms. The van der Waals surface area contributed by atoms with Crippen LogP contribution in [0.2, 0.25) is 0 Å². The molecule has 0 saturated carbocycles. The van der Waals surface area contributed by atoms with E-state index < -0.39 is 36.1 Å². The average molecular weight is 326 g/mol. The second-order valence-electron chi connectivity index (χ2n) is 5.83. The Morgan fingerprint density at radius 3 is 2.87 bits per heavy atom. The van der Waals surface area contributed by atoms with Gasteiger partial charge < -0.3 is 26.0 Å². The van der Waals surface area contributed by atoms with E-state index in [1.807, 2.05) is 13.8 Å². The van der Waals surface area contributed by atoms with Crippen molar-refractivity contribution in [2.24, 2.45) is 11.7 Å². The van der Waals surface area contributed by atoms with Crippen molar-refractivity contribution in [2.75, 3.05) is 12.3 Å². The van der Waals surface area contributed by atoms with E-state index in [2.05, 4.69) is 4.98 Å². The minimum Gasteiger partial charge on any atom is -0.458 e. The van der Waals surface area contributed by atoms with Crippen molar-refractivity contribution in [1.82, 2.24) is 9.55 Å². The lowest BCUT2D eigenvalue weighted by atomic mass is 10.1. The van der Waals surface area contributed by atoms with Crippen molar-refractivity contribution in [3.8, 4) is 0 Å². The van der Waals surface area contributed by atoms with Gasteiger partial charge in [-0.3, -0.25) is 9.36 Å². The Hall–Kier alpha value is -1.97. The summed E-state index contributed by atoms with van der Waals surface area (Å²) in [5, 5.41) is 9.40. The number of hydrogen-bond acceptors (Lipinski definition) is 8. The first-order valence-corrected chi connectivity index (χ1v) is 7.40. The fourth-order valence-electron chi connectivity index (χ4n) is 2.30. The van der Waals surface area contributed by atoms with Crippen LogP contribution < -0.4 is 17.2 Å². The van der Waals surface area contributed by atoms with Crippen LogP contribution in [-0.2, 0) is 14.3 Å². The van der Waals surface area contributed by atoms with Crippen molar-refractivity contribution in [2.45, 2.75) is 44.7 Å². The summed E-state index contributed by atoms with van der Waals surface area (Å²) in [7, 11) is 0. The van der Waals surface area contributed by atoms with Crippen molar-refractivity contribution in [3.63, 3.8) is 0 Å². The highest BCUT2D eigenvalue weighted by molar-refractivity contribution is 5.76. The minimum absolute atomic E-state index is 0.0721. The van der Waals surface area contributed by atoms with Crippen LogP contribution in [0.4, 0.5) is 5.82 Å². The Morgan fingerprint density at radius 2 is 2.30 bits per heavy atom. The predicted octanol–water partition coefficient (Wildman–Crippen LogP) is -1.000. The standard InChI is InChI=1S/C14H22N4O5/c1-7(2)12(16)13(20)23-8-5-11(22-9(8)6-19)18-4-3-10(15)17-14(18)21/h3-4,7-9,11-12,19H,5-6,16H2,1-2H3,(H2,15,17,21)/t8-,9+,11+,12?/m1/s1. The Kier molecular flexibility index (Phi) is 5.34. The van der Waals surface area contributed by atoms with E-state index in [0.29, 0.717) is 0 Å². The van der Waals surface area contributed by atoms with Gasteiger partial charge in [0.1, 0.15) is 30.3 Å². The molecule has 4 atom stereocenters. The highest BCUT2D eigenvalue weighted by atomic mass is 16.6. The molecule has 1 unspecified atom stereocenters. The zero-order chi connectivity index (χ0) is 17.1. The lowest BCUT2D eigenvalue weighted by Crippen LogP contribution is -2.41. The van der Waals surface area contributed by atoms with E-state index in [1.165, 1.54) is 16.8 Å². The summed E-state index contributed by atoms with van der Waals surface area (Å²) in [6, 6.07) is 0.710. The number of nitrogens with zero attached hydrogens (tertiary/aromatic N) is 2. The molecule has 2 heterocycles. The van der Waals surface area contributed by atoms with E-state index in [4.69, 9.17) is 20.9 Å². The molecular formula is C14H22N4O5. The van der Waals surface area contributed by atoms with Crippen LogP contribution in [0.25, 0.3) is 0 Å². The lowest BCUT2D eigenvalue weighted by Gasteiger charge is -2.20. The summed E-state index contributed by atoms with van der Waals surface area (Å²) < 4.78 is 12.2. The zero-order valence-corrected chi connectivity index (χ0v) is 13.1. The molecule has 1 saturated heterocycles. The normalized spacial score (nSPS) is 25.5. The number of carbonyl (C=O) groups excluding carboxylic acids is 1. The maximum Gasteiger partial charge on any atom is 0.351 e. The molecule has 1 aromatic rings. The molecule has 0 aliphatic carbocycles. The van der Waals surface area contributed by atoms with Gasteiger partial charge in [0.15, 0.2) is 0 Å². The van der Waals surface area contributed by atoms with Crippen LogP contribution in [-0.4, -0.2) is 45.5 Å². The van der Waals surface area contributed by atoms with Gasteiger partial charge in [0.05, 0.1) is 6.61 Å². The van der Waals surface area contributed by atoms with Gasteiger partial charge in [-0.1, -0.05) is 13.8 Å². The number of ether oxygens (including phenoxy) is 2. The van der Waals surface area contributed by atoms with Crippen molar-refractivity contribution in [1.29, 1.82) is 0 Å². The molecule has 1 aliphatic rings. The van der Waals surface area contributed by atoms with Crippen LogP contribution in [0, 0.1) is 5.92 Å². The number of aliphatic hydroxyl groups excluding tert-OH is 1. The van der Waals surface area contributed by atoms with E-state index >= 15 is 0 Å². The molecule has 1 fully saturated rings. The van der Waals surface area contributed by atoms with Crippen LogP contribution in [0.5, 0.6) is 0 Å². The summed E-state index contributed by atoms with van der Waals surface area (Å²) in [6.45, 7) is 3.27. The van der Waals surface area contributed by atoms with Crippen LogP contribution in [0.3, 0.4) is 0 Å². The number of aromatic nitrogens is 2. The Balaban J connectivity index is 2.11. The van der Waals surface area contributed by atoms with Gasteiger partial charge >= 0.3 is 11.7 Å². The third-order valence-corrected chi connectivity index (χ3v) is 3.78. The first kappa shape index (κ1) is 17.4. The summed E-state index contributed by atoms with van der Waals surface area (Å²) in [4.78, 5) is 27.4. The van der Waals surface area contributed by atoms with Crippen LogP contribution >= 0.6 is 0 Å². The second kappa shape index (κ2) is 7.07. The highest BCUT2D eigenvalue weighted by Crippen LogP contribution is 2.30. The van der Waals surface area contributed by atoms with Gasteiger partial charge in [0.25, 0.3) is 0 Å². The molecule has 9 nitrogen and oxygen atoms in total. The third-order valence-electron chi connectivity index (χ3n) is 3.78. The number of carbonyl (C=O) groups is 1. The Labute approximate surface area is 133 Å². The van der Waals surface area contributed by atoms with Crippen molar-refractivity contribution >= 4 is 11.8 Å². The van der Waals surface area contributed by atoms with Crippen molar-refractivity contribution in [3.05, 3.63) is 22.7 Å². The molecule has 5 N–H and O–H groups in total. The summed E-state index contributed by atoms with van der Waals surface area (Å²) in [6.07, 6.45) is -0.443. The average Bonchev–Trinajstić information content (AvgIpc) is 2.88. The molecule has 0 radical (unpaired) electrons. The maximum atomic E-state index is 12.0. The van der Waals surface area contributed by atoms with E-state index in [-0.39, 0.29) is 24.8 Å². The van der Waals surface area contributed by atoms with Gasteiger partial charge in [0, 0.05) is 12.6 Å². The van der Waals surface area contributed by atoms with E-state index in [1.54, 1.807) is 0 Å². The topological polar surface area (TPSA) is 143 Å². The Bertz CT molecular complexity index is 617. The molecule has 9 heteroatoms. The molecule has 2 rings (SSSR count). The monoisotopic (exact) mass is 326 g/mol. The predicted molar refractivity (Wildman–Crippen MR) is 81.2 cm³/mol. The summed E-state index contributed by atoms with van der Waals surface area (Å²) in [5.41, 5.74) is 10.6. The number of rotatable bonds is 5. The van der Waals surface area contributed by atoms with E-state index in [9.17, 15) is 14.7 Å². The molecule has 0 amide bonds. The third kappa shape index (κ3) is 3.87. The molecule has 0 bridgehead atoms. The number of nitrogen functional groups attached to an aromatic ring is 1. The van der Waals surface area contributed by atoms with Crippen LogP contribution in [0.1, 0.15) is 26.5 Å². The molecular weight excluding hydrogens is 304 g/mol. The van der Waals surface area contributed by atoms with E-state index in [0.717, 1.165) is 0 Å². The zero-order valence-electron chi connectivity index (χ0n) is 13.1. The largest absolute Gasteiger partial charge is 0.458 e.